The summed E-state index contributed by atoms with van der Waals surface area (Å²) in [4.78, 5) is 1.49. The minimum absolute atomic E-state index is 0.505. The van der Waals surface area contributed by atoms with Crippen LogP contribution in [0, 0.1) is 12.3 Å². The maximum absolute atomic E-state index is 3.71. The van der Waals surface area contributed by atoms with Crippen LogP contribution in [0.3, 0.4) is 0 Å². The van der Waals surface area contributed by atoms with E-state index in [9.17, 15) is 0 Å². The van der Waals surface area contributed by atoms with Crippen molar-refractivity contribution in [2.75, 3.05) is 11.5 Å². The average Bonchev–Trinajstić information content (AvgIpc) is 2.60. The number of thiophene rings is 1. The van der Waals surface area contributed by atoms with Gasteiger partial charge in [-0.25, -0.2) is 0 Å². The summed E-state index contributed by atoms with van der Waals surface area (Å²) < 4.78 is 0. The highest BCUT2D eigenvalue weighted by atomic mass is 32.2. The Bertz CT molecular complexity index is 343. The van der Waals surface area contributed by atoms with E-state index >= 15 is 0 Å². The van der Waals surface area contributed by atoms with E-state index < -0.39 is 0 Å². The second kappa shape index (κ2) is 5.11. The minimum Gasteiger partial charge on any atom is -0.308 e. The zero-order chi connectivity index (χ0) is 11.6. The van der Waals surface area contributed by atoms with Gasteiger partial charge in [-0.1, -0.05) is 13.8 Å². The van der Waals surface area contributed by atoms with Gasteiger partial charge in [0, 0.05) is 23.2 Å². The van der Waals surface area contributed by atoms with Crippen LogP contribution >= 0.6 is 23.1 Å². The summed E-state index contributed by atoms with van der Waals surface area (Å²) in [5.41, 5.74) is 1.94. The number of hydrogen-bond acceptors (Lipinski definition) is 3. The van der Waals surface area contributed by atoms with Crippen molar-refractivity contribution in [3.05, 3.63) is 21.9 Å². The van der Waals surface area contributed by atoms with Gasteiger partial charge in [0.2, 0.25) is 0 Å². The molecule has 1 unspecified atom stereocenters. The van der Waals surface area contributed by atoms with Gasteiger partial charge in [-0.3, -0.25) is 0 Å². The van der Waals surface area contributed by atoms with E-state index in [1.54, 1.807) is 0 Å². The molecule has 0 saturated carbocycles. The molecule has 1 saturated heterocycles. The molecular formula is C13H21NS2. The van der Waals surface area contributed by atoms with Gasteiger partial charge in [0.05, 0.1) is 0 Å². The van der Waals surface area contributed by atoms with Crippen molar-refractivity contribution in [2.24, 2.45) is 5.41 Å². The van der Waals surface area contributed by atoms with E-state index in [2.05, 4.69) is 49.3 Å². The summed E-state index contributed by atoms with van der Waals surface area (Å²) in [5.74, 6) is 2.58. The lowest BCUT2D eigenvalue weighted by atomic mass is 9.88. The largest absolute Gasteiger partial charge is 0.308 e. The Kier molecular flexibility index (Phi) is 3.98. The van der Waals surface area contributed by atoms with Gasteiger partial charge in [0.1, 0.15) is 0 Å². The van der Waals surface area contributed by atoms with Crippen molar-refractivity contribution in [2.45, 2.75) is 39.8 Å². The van der Waals surface area contributed by atoms with Gasteiger partial charge in [-0.15, -0.1) is 11.3 Å². The summed E-state index contributed by atoms with van der Waals surface area (Å²) in [6.45, 7) is 8.01. The van der Waals surface area contributed by atoms with E-state index in [1.807, 2.05) is 11.3 Å². The van der Waals surface area contributed by atoms with Crippen molar-refractivity contribution in [1.82, 2.24) is 5.32 Å². The molecule has 1 aromatic rings. The molecule has 3 heteroatoms. The number of rotatable bonds is 3. The second-order valence-corrected chi connectivity index (χ2v) is 7.52. The molecule has 0 amide bonds. The first-order valence-corrected chi connectivity index (χ1v) is 7.94. The molecule has 0 bridgehead atoms. The third-order valence-electron chi connectivity index (χ3n) is 3.13. The molecule has 1 aromatic heterocycles. The quantitative estimate of drug-likeness (QED) is 0.884. The highest BCUT2D eigenvalue weighted by molar-refractivity contribution is 7.99. The molecule has 90 valence electrons. The smallest absolute Gasteiger partial charge is 0.0305 e. The normalized spacial score (nSPS) is 24.6. The topological polar surface area (TPSA) is 12.0 Å². The summed E-state index contributed by atoms with van der Waals surface area (Å²) in [6.07, 6.45) is 1.31. The van der Waals surface area contributed by atoms with Crippen LogP contribution in [0.5, 0.6) is 0 Å². The van der Waals surface area contributed by atoms with Gasteiger partial charge in [0.15, 0.2) is 0 Å². The standard InChI is InChI=1S/C13H21NS2/c1-10-4-5-16-12(10)7-14-11-6-13(2,3)9-15-8-11/h4-5,11,14H,6-9H2,1-3H3. The summed E-state index contributed by atoms with van der Waals surface area (Å²) in [7, 11) is 0. The Morgan fingerprint density at radius 2 is 2.31 bits per heavy atom. The van der Waals surface area contributed by atoms with Crippen molar-refractivity contribution < 1.29 is 0 Å². The molecule has 16 heavy (non-hydrogen) atoms. The molecule has 2 heterocycles. The summed E-state index contributed by atoms with van der Waals surface area (Å²) >= 11 is 3.96. The van der Waals surface area contributed by atoms with Crippen LogP contribution in [0.1, 0.15) is 30.7 Å². The molecule has 1 atom stereocenters. The van der Waals surface area contributed by atoms with Crippen LogP contribution in [0.2, 0.25) is 0 Å². The molecular weight excluding hydrogens is 234 g/mol. The number of nitrogens with one attached hydrogen (secondary N) is 1. The molecule has 0 aliphatic carbocycles. The predicted octanol–water partition coefficient (Wildman–Crippen LogP) is 3.68. The lowest BCUT2D eigenvalue weighted by molar-refractivity contribution is 0.317. The fourth-order valence-corrected chi connectivity index (χ4v) is 4.38. The molecule has 0 spiro atoms. The fraction of sp³-hybridized carbons (Fsp3) is 0.692. The zero-order valence-corrected chi connectivity index (χ0v) is 12.0. The molecule has 0 radical (unpaired) electrons. The molecule has 2 rings (SSSR count). The first-order valence-electron chi connectivity index (χ1n) is 5.91. The van der Waals surface area contributed by atoms with Gasteiger partial charge in [-0.2, -0.15) is 11.8 Å². The Hall–Kier alpha value is 0.01000. The minimum atomic E-state index is 0.505. The van der Waals surface area contributed by atoms with Crippen LogP contribution in [0.15, 0.2) is 11.4 Å². The fourth-order valence-electron chi connectivity index (χ4n) is 2.22. The number of thioether (sulfide) groups is 1. The van der Waals surface area contributed by atoms with Crippen molar-refractivity contribution >= 4 is 23.1 Å². The van der Waals surface area contributed by atoms with E-state index in [4.69, 9.17) is 0 Å². The van der Waals surface area contributed by atoms with Crippen LogP contribution in [0.25, 0.3) is 0 Å². The maximum Gasteiger partial charge on any atom is 0.0305 e. The van der Waals surface area contributed by atoms with E-state index in [-0.39, 0.29) is 0 Å². The number of hydrogen-bond donors (Lipinski definition) is 1. The van der Waals surface area contributed by atoms with E-state index in [0.717, 1.165) is 6.54 Å². The maximum atomic E-state index is 3.71. The first-order chi connectivity index (χ1) is 7.57. The van der Waals surface area contributed by atoms with E-state index in [1.165, 1.54) is 28.4 Å². The Balaban J connectivity index is 1.84. The van der Waals surface area contributed by atoms with Gasteiger partial charge < -0.3 is 5.32 Å². The summed E-state index contributed by atoms with van der Waals surface area (Å²) in [6, 6.07) is 2.90. The first kappa shape index (κ1) is 12.5. The van der Waals surface area contributed by atoms with Gasteiger partial charge >= 0.3 is 0 Å². The van der Waals surface area contributed by atoms with E-state index in [0.29, 0.717) is 11.5 Å². The molecule has 0 aromatic carbocycles. The third-order valence-corrected chi connectivity index (χ3v) is 5.78. The lowest BCUT2D eigenvalue weighted by Gasteiger charge is -2.35. The van der Waals surface area contributed by atoms with Crippen molar-refractivity contribution in [3.8, 4) is 0 Å². The monoisotopic (exact) mass is 255 g/mol. The molecule has 1 nitrogen and oxygen atoms in total. The average molecular weight is 255 g/mol. The zero-order valence-electron chi connectivity index (χ0n) is 10.4. The third kappa shape index (κ3) is 3.25. The van der Waals surface area contributed by atoms with Crippen molar-refractivity contribution in [1.29, 1.82) is 0 Å². The Morgan fingerprint density at radius 1 is 1.50 bits per heavy atom. The molecule has 1 aliphatic heterocycles. The van der Waals surface area contributed by atoms with Crippen LogP contribution < -0.4 is 5.32 Å². The second-order valence-electron chi connectivity index (χ2n) is 5.49. The molecule has 1 fully saturated rings. The van der Waals surface area contributed by atoms with Crippen LogP contribution in [-0.2, 0) is 6.54 Å². The van der Waals surface area contributed by atoms with Gasteiger partial charge in [0.25, 0.3) is 0 Å². The predicted molar refractivity (Wildman–Crippen MR) is 75.4 cm³/mol. The molecule has 1 N–H and O–H groups in total. The van der Waals surface area contributed by atoms with Crippen LogP contribution in [0.4, 0.5) is 0 Å². The van der Waals surface area contributed by atoms with Crippen LogP contribution in [-0.4, -0.2) is 17.5 Å². The van der Waals surface area contributed by atoms with Gasteiger partial charge in [-0.05, 0) is 41.5 Å². The summed E-state index contributed by atoms with van der Waals surface area (Å²) in [5, 5.41) is 5.90. The Labute approximate surface area is 107 Å². The SMILES string of the molecule is Cc1ccsc1CNC1CSCC(C)(C)C1. The lowest BCUT2D eigenvalue weighted by Crippen LogP contribution is -2.39. The highest BCUT2D eigenvalue weighted by Crippen LogP contribution is 2.33. The van der Waals surface area contributed by atoms with Crippen molar-refractivity contribution in [3.63, 3.8) is 0 Å². The highest BCUT2D eigenvalue weighted by Gasteiger charge is 2.28. The number of aryl methyl sites for hydroxylation is 1. The molecule has 1 aliphatic rings. The Morgan fingerprint density at radius 3 is 2.94 bits per heavy atom.